The molecule has 0 fully saturated rings. The Morgan fingerprint density at radius 2 is 1.61 bits per heavy atom. The van der Waals surface area contributed by atoms with Crippen LogP contribution < -0.4 is 9.47 Å². The predicted octanol–water partition coefficient (Wildman–Crippen LogP) is 5.02. The Morgan fingerprint density at radius 3 is 2.19 bits per heavy atom. The van der Waals surface area contributed by atoms with Gasteiger partial charge in [0.25, 0.3) is 17.7 Å². The van der Waals surface area contributed by atoms with E-state index in [1.54, 1.807) is 60.7 Å². The number of rotatable bonds is 8. The maximum Gasteiger partial charge on any atom is 0.313 e. The largest absolute Gasteiger partial charge is 0.492 e. The topological polar surface area (TPSA) is 94.8 Å². The van der Waals surface area contributed by atoms with Crippen molar-refractivity contribution in [2.45, 2.75) is 6.43 Å². The van der Waals surface area contributed by atoms with Crippen molar-refractivity contribution in [1.29, 1.82) is 0 Å². The molecule has 2 aromatic carbocycles. The van der Waals surface area contributed by atoms with Crippen LogP contribution >= 0.6 is 0 Å². The van der Waals surface area contributed by atoms with Gasteiger partial charge in [0, 0.05) is 23.4 Å². The third-order valence-electron chi connectivity index (χ3n) is 5.63. The Bertz CT molecular complexity index is 1380. The average Bonchev–Trinajstić information content (AvgIpc) is 3.46. The fraction of sp³-hybridized carbons (Fsp3) is 0.154. The molecule has 0 radical (unpaired) electrons. The Balaban J connectivity index is 1.30. The first-order valence-electron chi connectivity index (χ1n) is 10.9. The number of methoxy groups -OCH3 is 1. The Labute approximate surface area is 204 Å². The van der Waals surface area contributed by atoms with E-state index in [1.165, 1.54) is 13.3 Å². The van der Waals surface area contributed by atoms with Gasteiger partial charge in [-0.25, -0.2) is 9.97 Å². The summed E-state index contributed by atoms with van der Waals surface area (Å²) in [5.74, 6) is -0.394. The first-order valence-corrected chi connectivity index (χ1v) is 10.9. The highest BCUT2D eigenvalue weighted by atomic mass is 19.3. The molecule has 0 unspecified atom stereocenters. The number of hydrogen-bond acceptors (Lipinski definition) is 7. The number of oxazole rings is 1. The first-order chi connectivity index (χ1) is 17.5. The lowest BCUT2D eigenvalue weighted by Crippen LogP contribution is -2.33. The van der Waals surface area contributed by atoms with E-state index < -0.39 is 12.3 Å². The number of carbonyl (C=O) groups is 2. The summed E-state index contributed by atoms with van der Waals surface area (Å²) < 4.78 is 42.8. The zero-order chi connectivity index (χ0) is 25.2. The fourth-order valence-electron chi connectivity index (χ4n) is 3.86. The van der Waals surface area contributed by atoms with Crippen LogP contribution in [0.15, 0.2) is 71.3 Å². The molecule has 0 bridgehead atoms. The standard InChI is InChI=1S/C26H19F2N3O5/c1-34-20-11-8-16(14-29-20)21-22(36-24(30-21)23(27)28)15-6-9-17(10-7-15)35-13-12-31-25(32)18-4-2-3-5-19(18)26(31)33/h2-11,14,23H,12-13H2,1H3. The lowest BCUT2D eigenvalue weighted by molar-refractivity contribution is 0.0631. The molecule has 5 rings (SSSR count). The van der Waals surface area contributed by atoms with E-state index in [1.807, 2.05) is 0 Å². The van der Waals surface area contributed by atoms with Gasteiger partial charge >= 0.3 is 6.43 Å². The molecule has 0 atom stereocenters. The second-order valence-corrected chi connectivity index (χ2v) is 7.80. The third kappa shape index (κ3) is 4.28. The van der Waals surface area contributed by atoms with E-state index in [9.17, 15) is 18.4 Å². The summed E-state index contributed by atoms with van der Waals surface area (Å²) in [5.41, 5.74) is 1.98. The van der Waals surface area contributed by atoms with Crippen LogP contribution in [0.5, 0.6) is 11.6 Å². The Hall–Kier alpha value is -4.60. The van der Waals surface area contributed by atoms with Crippen LogP contribution in [0.25, 0.3) is 22.6 Å². The van der Waals surface area contributed by atoms with Crippen LogP contribution in [-0.2, 0) is 0 Å². The SMILES string of the molecule is COc1ccc(-c2nc(C(F)F)oc2-c2ccc(OCCN3C(=O)c4ccccc4C3=O)cc2)cn1. The number of hydrogen-bond donors (Lipinski definition) is 0. The van der Waals surface area contributed by atoms with Crippen molar-refractivity contribution in [1.82, 2.24) is 14.9 Å². The molecule has 0 aliphatic carbocycles. The number of alkyl halides is 2. The molecule has 2 amide bonds. The van der Waals surface area contributed by atoms with E-state index in [4.69, 9.17) is 13.9 Å². The number of carbonyl (C=O) groups excluding carboxylic acids is 2. The van der Waals surface area contributed by atoms with E-state index >= 15 is 0 Å². The van der Waals surface area contributed by atoms with E-state index in [2.05, 4.69) is 9.97 Å². The highest BCUT2D eigenvalue weighted by Crippen LogP contribution is 2.36. The minimum atomic E-state index is -2.88. The van der Waals surface area contributed by atoms with Crippen LogP contribution in [0.3, 0.4) is 0 Å². The molecular formula is C26H19F2N3O5. The third-order valence-corrected chi connectivity index (χ3v) is 5.63. The first kappa shape index (κ1) is 23.2. The molecule has 3 heterocycles. The molecule has 0 spiro atoms. The summed E-state index contributed by atoms with van der Waals surface area (Å²) in [6.45, 7) is 0.175. The van der Waals surface area contributed by atoms with Crippen molar-refractivity contribution in [2.75, 3.05) is 20.3 Å². The van der Waals surface area contributed by atoms with Gasteiger partial charge < -0.3 is 13.9 Å². The van der Waals surface area contributed by atoms with E-state index in [0.717, 1.165) is 4.90 Å². The molecule has 0 saturated carbocycles. The number of imide groups is 1. The summed E-state index contributed by atoms with van der Waals surface area (Å²) in [7, 11) is 1.47. The lowest BCUT2D eigenvalue weighted by Gasteiger charge is -2.14. The second kappa shape index (κ2) is 9.57. The smallest absolute Gasteiger partial charge is 0.313 e. The van der Waals surface area contributed by atoms with Crippen LogP contribution in [0, 0.1) is 0 Å². The van der Waals surface area contributed by atoms with Crippen LogP contribution in [0.1, 0.15) is 33.0 Å². The average molecular weight is 491 g/mol. The zero-order valence-electron chi connectivity index (χ0n) is 19.0. The molecule has 1 aliphatic rings. The van der Waals surface area contributed by atoms with Crippen molar-refractivity contribution in [2.24, 2.45) is 0 Å². The highest BCUT2D eigenvalue weighted by molar-refractivity contribution is 6.21. The van der Waals surface area contributed by atoms with Crippen LogP contribution in [0.4, 0.5) is 8.78 Å². The number of halogens is 2. The molecule has 0 N–H and O–H groups in total. The minimum absolute atomic E-state index is 0.0859. The molecule has 10 heteroatoms. The van der Waals surface area contributed by atoms with Crippen molar-refractivity contribution in [3.63, 3.8) is 0 Å². The highest BCUT2D eigenvalue weighted by Gasteiger charge is 2.34. The van der Waals surface area contributed by atoms with Gasteiger partial charge in [-0.15, -0.1) is 0 Å². The molecule has 4 aromatic rings. The molecule has 0 saturated heterocycles. The Morgan fingerprint density at radius 1 is 0.944 bits per heavy atom. The molecule has 1 aliphatic heterocycles. The van der Waals surface area contributed by atoms with Crippen molar-refractivity contribution in [3.05, 3.63) is 83.9 Å². The molecule has 2 aromatic heterocycles. The number of aromatic nitrogens is 2. The van der Waals surface area contributed by atoms with Gasteiger partial charge in [-0.3, -0.25) is 14.5 Å². The number of ether oxygens (including phenoxy) is 2. The van der Waals surface area contributed by atoms with Crippen LogP contribution in [-0.4, -0.2) is 46.9 Å². The second-order valence-electron chi connectivity index (χ2n) is 7.80. The van der Waals surface area contributed by atoms with Gasteiger partial charge in [0.2, 0.25) is 5.88 Å². The van der Waals surface area contributed by atoms with E-state index in [0.29, 0.717) is 33.9 Å². The maximum atomic E-state index is 13.3. The quantitative estimate of drug-likeness (QED) is 0.319. The number of nitrogens with zero attached hydrogens (tertiary/aromatic N) is 3. The van der Waals surface area contributed by atoms with Gasteiger partial charge in [0.1, 0.15) is 18.1 Å². The number of fused-ring (bicyclic) bond motifs is 1. The predicted molar refractivity (Wildman–Crippen MR) is 124 cm³/mol. The monoisotopic (exact) mass is 491 g/mol. The number of amides is 2. The van der Waals surface area contributed by atoms with Gasteiger partial charge in [0.15, 0.2) is 5.76 Å². The van der Waals surface area contributed by atoms with Crippen molar-refractivity contribution < 1.29 is 32.3 Å². The summed E-state index contributed by atoms with van der Waals surface area (Å²) >= 11 is 0. The number of benzene rings is 2. The summed E-state index contributed by atoms with van der Waals surface area (Å²) in [6, 6.07) is 16.5. The summed E-state index contributed by atoms with van der Waals surface area (Å²) in [5, 5.41) is 0. The normalized spacial score (nSPS) is 12.8. The zero-order valence-corrected chi connectivity index (χ0v) is 19.0. The van der Waals surface area contributed by atoms with Gasteiger partial charge in [-0.2, -0.15) is 8.78 Å². The molecular weight excluding hydrogens is 472 g/mol. The molecule has 36 heavy (non-hydrogen) atoms. The fourth-order valence-corrected chi connectivity index (χ4v) is 3.86. The van der Waals surface area contributed by atoms with Crippen molar-refractivity contribution >= 4 is 11.8 Å². The molecule has 182 valence electrons. The van der Waals surface area contributed by atoms with Gasteiger partial charge in [-0.05, 0) is 42.5 Å². The van der Waals surface area contributed by atoms with Crippen molar-refractivity contribution in [3.8, 4) is 34.2 Å². The lowest BCUT2D eigenvalue weighted by atomic mass is 10.1. The Kier molecular flexibility index (Phi) is 6.16. The maximum absolute atomic E-state index is 13.3. The van der Waals surface area contributed by atoms with E-state index in [-0.39, 0.29) is 36.4 Å². The minimum Gasteiger partial charge on any atom is -0.492 e. The number of pyridine rings is 1. The summed E-state index contributed by atoms with van der Waals surface area (Å²) in [4.78, 5) is 34.1. The summed E-state index contributed by atoms with van der Waals surface area (Å²) in [6.07, 6.45) is -1.42. The van der Waals surface area contributed by atoms with Gasteiger partial charge in [-0.1, -0.05) is 12.1 Å². The molecule has 8 nitrogen and oxygen atoms in total. The van der Waals surface area contributed by atoms with Crippen LogP contribution in [0.2, 0.25) is 0 Å². The van der Waals surface area contributed by atoms with Gasteiger partial charge in [0.05, 0.1) is 24.8 Å².